The first-order chi connectivity index (χ1) is 41.5. The fourth-order valence-electron chi connectivity index (χ4n) is 12.9. The first-order valence-electron chi connectivity index (χ1n) is 30.0. The number of hydrogen-bond donors (Lipinski definition) is 0. The second-order valence-electron chi connectivity index (χ2n) is 23.1. The summed E-state index contributed by atoms with van der Waals surface area (Å²) in [6.07, 6.45) is 17.0. The van der Waals surface area contributed by atoms with E-state index in [9.17, 15) is 14.9 Å². The van der Waals surface area contributed by atoms with Crippen LogP contribution in [0.25, 0.3) is 50.2 Å². The third-order valence-corrected chi connectivity index (χ3v) is 17.4. The van der Waals surface area contributed by atoms with Gasteiger partial charge in [-0.2, -0.15) is 15.8 Å². The standard InChI is InChI=1S/C27H31N5O.C22H21ClN4O.C20H20N4/c1-20-26(25(33)19-31-11-3-2-4-12-31)27-24(32(20)23-9-7-21(16-28)8-10-23)15-22(17-29-27)18-30-13-5-6-14-30;1-15-21(20(28)11-23)22-19(27(15)18-6-4-16(12-24)5-7-18)10-17(13-25-22)14-26-8-2-3-9-26;1-15-10-19-20(24(15)18-6-4-16(12-21)5-7-18)11-17(13-22-19)14-23-8-2-3-9-23/h7-10,15,17H,2-6,11-14,18-19H2,1H3;4-7,10,13H,2-3,8-9,11,14H2,1H3;4-7,10-11,13H,2-3,8-9,14H2,1H3. The van der Waals surface area contributed by atoms with Crippen molar-refractivity contribution in [3.63, 3.8) is 0 Å². The van der Waals surface area contributed by atoms with E-state index in [2.05, 4.69) is 88.1 Å². The van der Waals surface area contributed by atoms with Crippen molar-refractivity contribution in [2.24, 2.45) is 0 Å². The molecule has 0 spiro atoms. The smallest absolute Gasteiger partial charge is 0.181 e. The monoisotopic (exact) mass is 1150 g/mol. The Balaban J connectivity index is 0.000000134. The lowest BCUT2D eigenvalue weighted by atomic mass is 10.1. The zero-order chi connectivity index (χ0) is 59.0. The number of carbonyl (C=O) groups is 2. The average Bonchev–Trinajstić information content (AvgIpc) is 1.95. The van der Waals surface area contributed by atoms with Crippen molar-refractivity contribution in [3.8, 4) is 35.3 Å². The number of halogens is 1. The lowest BCUT2D eigenvalue weighted by Gasteiger charge is -2.25. The minimum atomic E-state index is -0.128. The molecule has 0 saturated carbocycles. The van der Waals surface area contributed by atoms with Crippen molar-refractivity contribution in [2.45, 2.75) is 98.2 Å². The van der Waals surface area contributed by atoms with E-state index in [0.717, 1.165) is 145 Å². The van der Waals surface area contributed by atoms with Crippen LogP contribution in [0.2, 0.25) is 0 Å². The summed E-state index contributed by atoms with van der Waals surface area (Å²) in [5, 5.41) is 27.3. The lowest BCUT2D eigenvalue weighted by Crippen LogP contribution is -2.34. The van der Waals surface area contributed by atoms with Crippen LogP contribution in [0.3, 0.4) is 0 Å². The molecule has 0 atom stereocenters. The predicted molar refractivity (Wildman–Crippen MR) is 335 cm³/mol. The fourth-order valence-corrected chi connectivity index (χ4v) is 13.1. The molecule has 0 amide bonds. The van der Waals surface area contributed by atoms with E-state index >= 15 is 0 Å². The van der Waals surface area contributed by atoms with Gasteiger partial charge in [-0.3, -0.25) is 44.1 Å². The molecule has 4 fully saturated rings. The molecule has 432 valence electrons. The molecule has 0 radical (unpaired) electrons. The van der Waals surface area contributed by atoms with Crippen LogP contribution in [0.1, 0.15) is 129 Å². The van der Waals surface area contributed by atoms with Crippen LogP contribution in [0.4, 0.5) is 0 Å². The number of fused-ring (bicyclic) bond motifs is 3. The minimum absolute atomic E-state index is 0.0788. The summed E-state index contributed by atoms with van der Waals surface area (Å²) in [4.78, 5) is 49.8. The Morgan fingerprint density at radius 3 is 1.20 bits per heavy atom. The molecule has 9 aromatic rings. The predicted octanol–water partition coefficient (Wildman–Crippen LogP) is 12.5. The first kappa shape index (κ1) is 58.4. The summed E-state index contributed by atoms with van der Waals surface area (Å²) in [7, 11) is 0. The molecular weight excluding hydrogens is 1080 g/mol. The molecule has 16 heteroatoms. The first-order valence-corrected chi connectivity index (χ1v) is 30.5. The van der Waals surface area contributed by atoms with Gasteiger partial charge in [0.25, 0.3) is 0 Å². The molecule has 10 heterocycles. The normalized spacial score (nSPS) is 15.8. The number of piperidine rings is 1. The number of nitrogens with zero attached hydrogens (tertiary/aromatic N) is 13. The van der Waals surface area contributed by atoms with Crippen molar-refractivity contribution in [2.75, 3.05) is 64.8 Å². The van der Waals surface area contributed by atoms with Crippen LogP contribution in [-0.4, -0.2) is 125 Å². The molecule has 0 unspecified atom stereocenters. The van der Waals surface area contributed by atoms with Crippen molar-refractivity contribution < 1.29 is 9.59 Å². The van der Waals surface area contributed by atoms with Gasteiger partial charge in [-0.15, -0.1) is 11.6 Å². The second-order valence-corrected chi connectivity index (χ2v) is 23.4. The van der Waals surface area contributed by atoms with E-state index in [1.807, 2.05) is 97.7 Å². The van der Waals surface area contributed by atoms with Crippen LogP contribution >= 0.6 is 11.6 Å². The van der Waals surface area contributed by atoms with Gasteiger partial charge in [0.15, 0.2) is 11.6 Å². The second kappa shape index (κ2) is 26.7. The summed E-state index contributed by atoms with van der Waals surface area (Å²) < 4.78 is 6.40. The maximum absolute atomic E-state index is 13.5. The summed E-state index contributed by atoms with van der Waals surface area (Å²) in [6.45, 7) is 18.1. The highest BCUT2D eigenvalue weighted by Gasteiger charge is 2.27. The van der Waals surface area contributed by atoms with Gasteiger partial charge >= 0.3 is 0 Å². The molecule has 3 aromatic carbocycles. The Kier molecular flexibility index (Phi) is 18.4. The van der Waals surface area contributed by atoms with Crippen molar-refractivity contribution in [3.05, 3.63) is 177 Å². The Morgan fingerprint density at radius 1 is 0.447 bits per heavy atom. The molecule has 15 nitrogen and oxygen atoms in total. The summed E-state index contributed by atoms with van der Waals surface area (Å²) in [5.74, 6) is -0.0622. The summed E-state index contributed by atoms with van der Waals surface area (Å²) in [5.41, 5.74) is 18.1. The van der Waals surface area contributed by atoms with Gasteiger partial charge < -0.3 is 13.7 Å². The number of carbonyl (C=O) groups excluding carboxylic acids is 2. The average molecular weight is 1150 g/mol. The number of alkyl halides is 1. The number of ketones is 2. The molecule has 0 bridgehead atoms. The Morgan fingerprint density at radius 2 is 0.800 bits per heavy atom. The Bertz CT molecular complexity index is 4000. The van der Waals surface area contributed by atoms with Gasteiger partial charge in [0, 0.05) is 72.4 Å². The number of rotatable bonds is 14. The third-order valence-electron chi connectivity index (χ3n) is 17.2. The van der Waals surface area contributed by atoms with Crippen LogP contribution in [-0.2, 0) is 19.6 Å². The van der Waals surface area contributed by atoms with E-state index in [4.69, 9.17) is 27.1 Å². The number of aryl methyl sites for hydroxylation is 1. The van der Waals surface area contributed by atoms with Crippen LogP contribution in [0.5, 0.6) is 0 Å². The van der Waals surface area contributed by atoms with Crippen LogP contribution in [0, 0.1) is 54.8 Å². The largest absolute Gasteiger partial charge is 0.312 e. The molecule has 4 aliphatic rings. The number of nitriles is 3. The molecule has 4 aliphatic heterocycles. The molecular formula is C69H72ClN13O2. The van der Waals surface area contributed by atoms with Gasteiger partial charge in [0.2, 0.25) is 0 Å². The SMILES string of the molecule is Cc1c(C(=O)CCl)c2ncc(CN3CCCC3)cc2n1-c1ccc(C#N)cc1.Cc1c(C(=O)CN2CCCCC2)c2ncc(CN3CCCC3)cc2n1-c1ccc(C#N)cc1.Cc1cc2ncc(CN3CCCC3)cc2n1-c1ccc(C#N)cc1. The maximum atomic E-state index is 13.5. The number of benzene rings is 3. The number of hydrogen-bond acceptors (Lipinski definition) is 12. The number of likely N-dealkylation sites (tertiary alicyclic amines) is 4. The highest BCUT2D eigenvalue weighted by atomic mass is 35.5. The van der Waals surface area contributed by atoms with E-state index < -0.39 is 0 Å². The molecule has 0 N–H and O–H groups in total. The van der Waals surface area contributed by atoms with Crippen molar-refractivity contribution >= 4 is 56.3 Å². The maximum Gasteiger partial charge on any atom is 0.181 e. The topological polar surface area (TPSA) is 172 Å². The van der Waals surface area contributed by atoms with Gasteiger partial charge in [0.1, 0.15) is 0 Å². The fraction of sp³-hybridized carbons (Fsp3) is 0.362. The minimum Gasteiger partial charge on any atom is -0.312 e. The van der Waals surface area contributed by atoms with E-state index in [1.165, 1.54) is 69.2 Å². The number of pyridine rings is 3. The number of aromatic nitrogens is 6. The van der Waals surface area contributed by atoms with Crippen molar-refractivity contribution in [1.29, 1.82) is 15.8 Å². The Hall–Kier alpha value is -8.33. The quantitative estimate of drug-likeness (QED) is 0.0746. The van der Waals surface area contributed by atoms with Crippen LogP contribution < -0.4 is 0 Å². The zero-order valence-corrected chi connectivity index (χ0v) is 49.8. The highest BCUT2D eigenvalue weighted by Crippen LogP contribution is 2.33. The van der Waals surface area contributed by atoms with Gasteiger partial charge in [-0.1, -0.05) is 6.42 Å². The summed E-state index contributed by atoms with van der Waals surface area (Å²) in [6, 6.07) is 37.8. The van der Waals surface area contributed by atoms with Crippen LogP contribution in [0.15, 0.2) is 116 Å². The highest BCUT2D eigenvalue weighted by molar-refractivity contribution is 6.32. The van der Waals surface area contributed by atoms with Crippen molar-refractivity contribution in [1.82, 2.24) is 48.3 Å². The third kappa shape index (κ3) is 13.0. The van der Waals surface area contributed by atoms with Gasteiger partial charge in [-0.25, -0.2) is 0 Å². The van der Waals surface area contributed by atoms with E-state index in [0.29, 0.717) is 34.3 Å². The number of Topliss-reactive ketones (excluding diaryl/α,β-unsaturated/α-hetero) is 2. The zero-order valence-electron chi connectivity index (χ0n) is 49.0. The summed E-state index contributed by atoms with van der Waals surface area (Å²) >= 11 is 5.87. The molecule has 0 aliphatic carbocycles. The van der Waals surface area contributed by atoms with Gasteiger partial charge in [0.05, 0.1) is 91.5 Å². The molecule has 85 heavy (non-hydrogen) atoms. The van der Waals surface area contributed by atoms with E-state index in [1.54, 1.807) is 12.1 Å². The molecule has 6 aromatic heterocycles. The Labute approximate surface area is 502 Å². The van der Waals surface area contributed by atoms with Gasteiger partial charge in [-0.05, 0) is 238 Å². The molecule has 4 saturated heterocycles. The molecule has 13 rings (SSSR count). The van der Waals surface area contributed by atoms with E-state index in [-0.39, 0.29) is 17.4 Å². The lowest BCUT2D eigenvalue weighted by molar-refractivity contribution is 0.0915.